The first kappa shape index (κ1) is 33.6. The number of hydrogen-bond donors (Lipinski definition) is 1. The lowest BCUT2D eigenvalue weighted by atomic mass is 10.1. The lowest BCUT2D eigenvalue weighted by molar-refractivity contribution is 0.102. The number of rotatable bonds is 17. The third-order valence-corrected chi connectivity index (χ3v) is 7.33. The van der Waals surface area contributed by atoms with Crippen molar-refractivity contribution in [2.75, 3.05) is 18.5 Å². The van der Waals surface area contributed by atoms with Crippen LogP contribution in [-0.4, -0.2) is 19.1 Å². The van der Waals surface area contributed by atoms with Gasteiger partial charge in [-0.05, 0) is 96.2 Å². The molecule has 1 unspecified atom stereocenters. The van der Waals surface area contributed by atoms with E-state index in [9.17, 15) is 9.36 Å². The second-order valence-electron chi connectivity index (χ2n) is 9.77. The van der Waals surface area contributed by atoms with Crippen molar-refractivity contribution >= 4 is 19.4 Å². The Labute approximate surface area is 245 Å². The smallest absolute Gasteiger partial charge is 0.489 e. The Hall–Kier alpha value is -3.56. The number of terminal acetylenes is 1. The van der Waals surface area contributed by atoms with E-state index in [-0.39, 0.29) is 19.1 Å². The average molecular weight is 580 g/mol. The summed E-state index contributed by atoms with van der Waals surface area (Å²) in [6, 6.07) is 14.1. The summed E-state index contributed by atoms with van der Waals surface area (Å²) in [5.74, 6) is 0.219. The number of ether oxygens (including phenoxy) is 1. The molecule has 0 fully saturated rings. The fraction of sp³-hybridized carbons (Fsp3) is 0.364. The standard InChI is InChI=1S/C33H42NO6P/c1-7-38-41(36,39-8-2)40-25-29-19-21-30(22-20-29)34-33(35)31-17-9-10-18-32(31)37-24-23-28(6)16-12-15-27(5)14-11-13-26(3)4/h1,9-10,13,15,17-23H,8,11-12,14,16,24-25H2,2-6H3,(H,34,35)/b27-15+,28-23+. The molecule has 0 aliphatic rings. The minimum Gasteiger partial charge on any atom is -0.489 e. The molecule has 0 radical (unpaired) electrons. The van der Waals surface area contributed by atoms with Crippen LogP contribution in [0.2, 0.25) is 0 Å². The van der Waals surface area contributed by atoms with Crippen LogP contribution in [0, 0.1) is 12.5 Å². The Kier molecular flexibility index (Phi) is 14.8. The summed E-state index contributed by atoms with van der Waals surface area (Å²) in [6.45, 7) is 10.7. The molecule has 0 aliphatic heterocycles. The van der Waals surface area contributed by atoms with E-state index >= 15 is 0 Å². The molecular formula is C33H42NO6P. The minimum atomic E-state index is -3.83. The lowest BCUT2D eigenvalue weighted by Gasteiger charge is -2.14. The molecule has 0 heterocycles. The van der Waals surface area contributed by atoms with Crippen molar-refractivity contribution in [2.45, 2.75) is 66.9 Å². The van der Waals surface area contributed by atoms with Crippen LogP contribution >= 0.6 is 7.82 Å². The summed E-state index contributed by atoms with van der Waals surface area (Å²) in [5.41, 5.74) is 5.73. The molecule has 0 saturated carbocycles. The van der Waals surface area contributed by atoms with E-state index < -0.39 is 7.82 Å². The van der Waals surface area contributed by atoms with Gasteiger partial charge in [-0.2, -0.15) is 0 Å². The van der Waals surface area contributed by atoms with Gasteiger partial charge in [-0.15, -0.1) is 0 Å². The molecule has 0 aromatic heterocycles. The summed E-state index contributed by atoms with van der Waals surface area (Å²) >= 11 is 0. The zero-order valence-electron chi connectivity index (χ0n) is 24.8. The van der Waals surface area contributed by atoms with Gasteiger partial charge in [-0.3, -0.25) is 13.8 Å². The van der Waals surface area contributed by atoms with E-state index in [1.54, 1.807) is 49.4 Å². The number of amides is 1. The highest BCUT2D eigenvalue weighted by Crippen LogP contribution is 2.49. The second kappa shape index (κ2) is 18.0. The van der Waals surface area contributed by atoms with Crippen LogP contribution in [0.5, 0.6) is 5.75 Å². The van der Waals surface area contributed by atoms with Crippen LogP contribution in [0.4, 0.5) is 5.69 Å². The van der Waals surface area contributed by atoms with Crippen molar-refractivity contribution in [3.8, 4) is 18.3 Å². The maximum absolute atomic E-state index is 13.0. The van der Waals surface area contributed by atoms with E-state index in [4.69, 9.17) is 20.2 Å². The predicted octanol–water partition coefficient (Wildman–Crippen LogP) is 9.01. The first-order valence-electron chi connectivity index (χ1n) is 13.8. The normalized spacial score (nSPS) is 13.1. The molecule has 0 saturated heterocycles. The summed E-state index contributed by atoms with van der Waals surface area (Å²) in [4.78, 5) is 13.0. The van der Waals surface area contributed by atoms with Gasteiger partial charge in [-0.25, -0.2) is 4.57 Å². The number of carbonyl (C=O) groups is 1. The van der Waals surface area contributed by atoms with Gasteiger partial charge in [0.2, 0.25) is 0 Å². The molecule has 8 heteroatoms. The predicted molar refractivity (Wildman–Crippen MR) is 166 cm³/mol. The van der Waals surface area contributed by atoms with Crippen LogP contribution in [0.15, 0.2) is 83.5 Å². The van der Waals surface area contributed by atoms with Crippen LogP contribution < -0.4 is 10.1 Å². The summed E-state index contributed by atoms with van der Waals surface area (Å²) in [6.07, 6.45) is 17.7. The van der Waals surface area contributed by atoms with E-state index in [1.165, 1.54) is 16.7 Å². The first-order chi connectivity index (χ1) is 19.7. The number of carbonyl (C=O) groups excluding carboxylic acids is 1. The zero-order chi connectivity index (χ0) is 30.1. The molecular weight excluding hydrogens is 537 g/mol. The van der Waals surface area contributed by atoms with Gasteiger partial charge in [0.05, 0.1) is 18.8 Å². The number of para-hydroxylation sites is 1. The summed E-state index contributed by atoms with van der Waals surface area (Å²) < 4.78 is 33.2. The van der Waals surface area contributed by atoms with E-state index in [1.807, 2.05) is 12.2 Å². The molecule has 220 valence electrons. The monoisotopic (exact) mass is 579 g/mol. The highest BCUT2D eigenvalue weighted by molar-refractivity contribution is 7.48. The van der Waals surface area contributed by atoms with Gasteiger partial charge in [0.15, 0.2) is 0 Å². The van der Waals surface area contributed by atoms with Gasteiger partial charge in [0, 0.05) is 5.69 Å². The van der Waals surface area contributed by atoms with Gasteiger partial charge in [-0.1, -0.05) is 59.6 Å². The minimum absolute atomic E-state index is 0.0387. The maximum atomic E-state index is 13.0. The summed E-state index contributed by atoms with van der Waals surface area (Å²) in [5, 5.41) is 2.88. The van der Waals surface area contributed by atoms with Crippen molar-refractivity contribution in [1.29, 1.82) is 0 Å². The number of allylic oxidation sites excluding steroid dienone is 5. The third-order valence-electron chi connectivity index (χ3n) is 5.98. The topological polar surface area (TPSA) is 83.1 Å². The first-order valence-corrected chi connectivity index (χ1v) is 15.2. The SMILES string of the molecule is C#COP(=O)(OCC)OCc1ccc(NC(=O)c2ccccc2OC/C=C(\C)CC/C=C(\C)CCC=C(C)C)cc1. The van der Waals surface area contributed by atoms with E-state index in [0.29, 0.717) is 29.2 Å². The zero-order valence-corrected chi connectivity index (χ0v) is 25.7. The third kappa shape index (κ3) is 13.1. The number of hydrogen-bond acceptors (Lipinski definition) is 6. The number of benzene rings is 2. The molecule has 0 spiro atoms. The molecule has 1 amide bonds. The molecule has 0 bridgehead atoms. The Morgan fingerprint density at radius 1 is 0.927 bits per heavy atom. The molecule has 2 aromatic carbocycles. The molecule has 0 aliphatic carbocycles. The largest absolute Gasteiger partial charge is 0.538 e. The molecule has 41 heavy (non-hydrogen) atoms. The van der Waals surface area contributed by atoms with Gasteiger partial charge >= 0.3 is 7.82 Å². The van der Waals surface area contributed by atoms with Gasteiger partial charge < -0.3 is 14.6 Å². The lowest BCUT2D eigenvalue weighted by Crippen LogP contribution is -2.13. The van der Waals surface area contributed by atoms with Crippen molar-refractivity contribution in [3.63, 3.8) is 0 Å². The second-order valence-corrected chi connectivity index (χ2v) is 11.4. The van der Waals surface area contributed by atoms with E-state index in [2.05, 4.69) is 55.8 Å². The quantitative estimate of drug-likeness (QED) is 0.114. The van der Waals surface area contributed by atoms with E-state index in [0.717, 1.165) is 25.7 Å². The van der Waals surface area contributed by atoms with Gasteiger partial charge in [0.1, 0.15) is 18.5 Å². The van der Waals surface area contributed by atoms with Crippen molar-refractivity contribution in [1.82, 2.24) is 0 Å². The Bertz CT molecular complexity index is 1300. The van der Waals surface area contributed by atoms with Crippen LogP contribution in [0.3, 0.4) is 0 Å². The molecule has 2 rings (SSSR count). The van der Waals surface area contributed by atoms with Crippen LogP contribution in [0.1, 0.15) is 76.2 Å². The fourth-order valence-corrected chi connectivity index (χ4v) is 4.67. The van der Waals surface area contributed by atoms with Gasteiger partial charge in [0.25, 0.3) is 5.91 Å². The fourth-order valence-electron chi connectivity index (χ4n) is 3.74. The highest BCUT2D eigenvalue weighted by atomic mass is 31.2. The number of phosphoric ester groups is 1. The number of nitrogens with one attached hydrogen (secondary N) is 1. The van der Waals surface area contributed by atoms with Crippen molar-refractivity contribution < 1.29 is 27.7 Å². The number of anilines is 1. The Morgan fingerprint density at radius 2 is 1.59 bits per heavy atom. The Morgan fingerprint density at radius 3 is 2.24 bits per heavy atom. The molecule has 7 nitrogen and oxygen atoms in total. The average Bonchev–Trinajstić information content (AvgIpc) is 2.93. The highest BCUT2D eigenvalue weighted by Gasteiger charge is 2.26. The Balaban J connectivity index is 1.89. The van der Waals surface area contributed by atoms with Crippen molar-refractivity contribution in [3.05, 3.63) is 94.6 Å². The molecule has 2 aromatic rings. The van der Waals surface area contributed by atoms with Crippen LogP contribution in [0.25, 0.3) is 0 Å². The number of phosphoric acid groups is 1. The van der Waals surface area contributed by atoms with Crippen molar-refractivity contribution in [2.24, 2.45) is 0 Å². The maximum Gasteiger partial charge on any atom is 0.538 e. The molecule has 1 atom stereocenters. The summed E-state index contributed by atoms with van der Waals surface area (Å²) in [7, 11) is -3.83. The van der Waals surface area contributed by atoms with Crippen LogP contribution in [-0.2, 0) is 24.7 Å². The molecule has 1 N–H and O–H groups in total.